The van der Waals surface area contributed by atoms with Crippen molar-refractivity contribution in [2.24, 2.45) is 0 Å². The fraction of sp³-hybridized carbons (Fsp3) is 0.300. The number of aryl methyl sites for hydroxylation is 1. The molecule has 0 fully saturated rings. The first kappa shape index (κ1) is 18.3. The summed E-state index contributed by atoms with van der Waals surface area (Å²) in [6.45, 7) is 3.40. The van der Waals surface area contributed by atoms with Crippen molar-refractivity contribution in [3.8, 4) is 17.0 Å². The summed E-state index contributed by atoms with van der Waals surface area (Å²) in [5.41, 5.74) is 2.11. The van der Waals surface area contributed by atoms with Crippen molar-refractivity contribution in [2.75, 3.05) is 12.8 Å². The number of halogens is 3. The quantitative estimate of drug-likeness (QED) is 0.591. The Labute approximate surface area is 159 Å². The monoisotopic (exact) mass is 392 g/mol. The number of thioether (sulfide) groups is 1. The number of rotatable bonds is 2. The van der Waals surface area contributed by atoms with Crippen molar-refractivity contribution in [2.45, 2.75) is 31.1 Å². The highest BCUT2D eigenvalue weighted by Crippen LogP contribution is 2.45. The summed E-state index contributed by atoms with van der Waals surface area (Å²) in [7, 11) is 0. The second-order valence-corrected chi connectivity index (χ2v) is 7.60. The predicted octanol–water partition coefficient (Wildman–Crippen LogP) is 5.17. The number of alkyl halides is 3. The van der Waals surface area contributed by atoms with Crippen LogP contribution in [0.5, 0.6) is 5.88 Å². The average molecular weight is 392 g/mol. The number of nitrogens with one attached hydrogen (secondary N) is 1. The lowest BCUT2D eigenvalue weighted by Crippen LogP contribution is -2.27. The summed E-state index contributed by atoms with van der Waals surface area (Å²) in [6.07, 6.45) is -2.59. The van der Waals surface area contributed by atoms with Crippen molar-refractivity contribution in [3.63, 3.8) is 0 Å². The van der Waals surface area contributed by atoms with Gasteiger partial charge in [-0.25, -0.2) is 0 Å². The van der Waals surface area contributed by atoms with Crippen LogP contribution in [0.1, 0.15) is 16.8 Å². The zero-order valence-electron chi connectivity index (χ0n) is 14.9. The maximum Gasteiger partial charge on any atom is 0.417 e. The van der Waals surface area contributed by atoms with E-state index in [1.807, 2.05) is 31.4 Å². The lowest BCUT2D eigenvalue weighted by molar-refractivity contribution is -0.136. The molecule has 0 saturated carbocycles. The van der Waals surface area contributed by atoms with Gasteiger partial charge in [-0.05, 0) is 54.1 Å². The van der Waals surface area contributed by atoms with Gasteiger partial charge in [0.25, 0.3) is 0 Å². The summed E-state index contributed by atoms with van der Waals surface area (Å²) in [4.78, 5) is 1.07. The maximum atomic E-state index is 13.8. The van der Waals surface area contributed by atoms with E-state index in [9.17, 15) is 18.3 Å². The Hall–Kier alpha value is -2.12. The molecule has 0 saturated heterocycles. The molecular weight excluding hydrogens is 373 g/mol. The fourth-order valence-electron chi connectivity index (χ4n) is 3.81. The zero-order chi connectivity index (χ0) is 19.3. The molecule has 1 aliphatic heterocycles. The highest BCUT2D eigenvalue weighted by molar-refractivity contribution is 7.98. The van der Waals surface area contributed by atoms with Crippen LogP contribution < -0.4 is 5.32 Å². The van der Waals surface area contributed by atoms with Crippen LogP contribution >= 0.6 is 11.8 Å². The summed E-state index contributed by atoms with van der Waals surface area (Å²) < 4.78 is 43.1. The third-order valence-electron chi connectivity index (χ3n) is 5.11. The molecule has 27 heavy (non-hydrogen) atoms. The van der Waals surface area contributed by atoms with E-state index in [1.165, 1.54) is 0 Å². The van der Waals surface area contributed by atoms with Crippen LogP contribution in [0.25, 0.3) is 21.9 Å². The first-order valence-corrected chi connectivity index (χ1v) is 9.84. The van der Waals surface area contributed by atoms with E-state index >= 15 is 0 Å². The van der Waals surface area contributed by atoms with Gasteiger partial charge in [0.15, 0.2) is 5.88 Å². The Morgan fingerprint density at radius 2 is 1.96 bits per heavy atom. The minimum atomic E-state index is -4.55. The van der Waals surface area contributed by atoms with Crippen LogP contribution in [-0.2, 0) is 19.3 Å². The molecule has 0 aliphatic carbocycles. The van der Waals surface area contributed by atoms with Gasteiger partial charge < -0.3 is 15.0 Å². The number of aromatic nitrogens is 1. The van der Waals surface area contributed by atoms with Gasteiger partial charge in [0.05, 0.1) is 10.9 Å². The Kier molecular flexibility index (Phi) is 4.39. The van der Waals surface area contributed by atoms with Crippen molar-refractivity contribution in [1.29, 1.82) is 0 Å². The van der Waals surface area contributed by atoms with E-state index in [0.29, 0.717) is 36.3 Å². The Bertz CT molecular complexity index is 1040. The third kappa shape index (κ3) is 2.99. The highest BCUT2D eigenvalue weighted by atomic mass is 32.2. The lowest BCUT2D eigenvalue weighted by atomic mass is 9.95. The van der Waals surface area contributed by atoms with Gasteiger partial charge in [-0.2, -0.15) is 13.2 Å². The number of fused-ring (bicyclic) bond motifs is 3. The number of nitrogens with zero attached hydrogens (tertiary/aromatic N) is 1. The minimum Gasteiger partial charge on any atom is -0.494 e. The molecular formula is C20H19F3N2OS. The summed E-state index contributed by atoms with van der Waals surface area (Å²) in [6, 6.07) is 8.68. The van der Waals surface area contributed by atoms with Crippen LogP contribution in [0.15, 0.2) is 35.2 Å². The largest absolute Gasteiger partial charge is 0.494 e. The van der Waals surface area contributed by atoms with Crippen molar-refractivity contribution in [1.82, 2.24) is 9.88 Å². The van der Waals surface area contributed by atoms with Crippen molar-refractivity contribution in [3.05, 3.63) is 47.2 Å². The van der Waals surface area contributed by atoms with Crippen LogP contribution in [0.4, 0.5) is 13.2 Å². The Balaban J connectivity index is 2.04. The molecule has 1 aliphatic rings. The molecule has 0 radical (unpaired) electrons. The molecule has 3 nitrogen and oxygen atoms in total. The molecule has 0 atom stereocenters. The topological polar surface area (TPSA) is 37.2 Å². The number of hydrogen-bond acceptors (Lipinski definition) is 3. The summed E-state index contributed by atoms with van der Waals surface area (Å²) in [5, 5.41) is 14.0. The van der Waals surface area contributed by atoms with Crippen molar-refractivity contribution >= 4 is 22.5 Å². The smallest absolute Gasteiger partial charge is 0.417 e. The standard InChI is InChI=1S/C20H19F3N2OS/c1-11-7-13(27-2)3-4-14(11)12-8-15-17-10-24-5-6-25(17)19(26)18(15)16(9-12)20(21,22)23/h3-4,7-9,24,26H,5-6,10H2,1-2H3. The fourth-order valence-corrected chi connectivity index (χ4v) is 4.31. The first-order chi connectivity index (χ1) is 12.8. The third-order valence-corrected chi connectivity index (χ3v) is 5.83. The van der Waals surface area contributed by atoms with Gasteiger partial charge in [0.2, 0.25) is 0 Å². The molecule has 2 heterocycles. The number of benzene rings is 2. The van der Waals surface area contributed by atoms with Gasteiger partial charge in [0, 0.05) is 35.6 Å². The van der Waals surface area contributed by atoms with E-state index in [1.54, 1.807) is 22.4 Å². The predicted molar refractivity (Wildman–Crippen MR) is 102 cm³/mol. The van der Waals surface area contributed by atoms with Gasteiger partial charge in [-0.15, -0.1) is 11.8 Å². The van der Waals surface area contributed by atoms with E-state index in [4.69, 9.17) is 0 Å². The SMILES string of the molecule is CSc1ccc(-c2cc(C(F)(F)F)c3c(O)n4c(c3c2)CNCC4)c(C)c1. The average Bonchev–Trinajstić information content (AvgIpc) is 2.93. The molecule has 4 rings (SSSR count). The lowest BCUT2D eigenvalue weighted by Gasteiger charge is -2.17. The highest BCUT2D eigenvalue weighted by Gasteiger charge is 2.36. The summed E-state index contributed by atoms with van der Waals surface area (Å²) >= 11 is 1.59. The number of hydrogen-bond donors (Lipinski definition) is 2. The molecule has 0 amide bonds. The van der Waals surface area contributed by atoms with Crippen LogP contribution in [0.3, 0.4) is 0 Å². The van der Waals surface area contributed by atoms with Gasteiger partial charge in [0.1, 0.15) is 0 Å². The van der Waals surface area contributed by atoms with Crippen LogP contribution in [0.2, 0.25) is 0 Å². The molecule has 0 spiro atoms. The van der Waals surface area contributed by atoms with Gasteiger partial charge in [-0.3, -0.25) is 0 Å². The van der Waals surface area contributed by atoms with Crippen LogP contribution in [0, 0.1) is 6.92 Å². The molecule has 0 bridgehead atoms. The molecule has 2 aromatic carbocycles. The van der Waals surface area contributed by atoms with Crippen LogP contribution in [-0.4, -0.2) is 22.5 Å². The molecule has 142 valence electrons. The van der Waals surface area contributed by atoms with E-state index in [-0.39, 0.29) is 11.3 Å². The molecule has 1 aromatic heterocycles. The van der Waals surface area contributed by atoms with E-state index in [0.717, 1.165) is 22.1 Å². The second kappa shape index (κ2) is 6.49. The zero-order valence-corrected chi connectivity index (χ0v) is 15.8. The normalized spacial score (nSPS) is 14.6. The Morgan fingerprint density at radius 3 is 2.63 bits per heavy atom. The van der Waals surface area contributed by atoms with Gasteiger partial charge in [-0.1, -0.05) is 6.07 Å². The number of aromatic hydroxyl groups is 1. The molecule has 0 unspecified atom stereocenters. The minimum absolute atomic E-state index is 0.108. The molecule has 2 N–H and O–H groups in total. The van der Waals surface area contributed by atoms with Crippen molar-refractivity contribution < 1.29 is 18.3 Å². The molecule has 7 heteroatoms. The second-order valence-electron chi connectivity index (χ2n) is 6.72. The van der Waals surface area contributed by atoms with Gasteiger partial charge >= 0.3 is 6.18 Å². The van der Waals surface area contributed by atoms with E-state index in [2.05, 4.69) is 5.32 Å². The Morgan fingerprint density at radius 1 is 1.19 bits per heavy atom. The maximum absolute atomic E-state index is 13.8. The first-order valence-electron chi connectivity index (χ1n) is 8.62. The molecule has 3 aromatic rings. The summed E-state index contributed by atoms with van der Waals surface area (Å²) in [5.74, 6) is -0.296. The van der Waals surface area contributed by atoms with E-state index < -0.39 is 11.7 Å².